The molecule has 0 radical (unpaired) electrons. The van der Waals surface area contributed by atoms with Crippen molar-refractivity contribution in [1.29, 1.82) is 0 Å². The van der Waals surface area contributed by atoms with Gasteiger partial charge in [0.1, 0.15) is 0 Å². The summed E-state index contributed by atoms with van der Waals surface area (Å²) in [5, 5.41) is 0. The molecule has 6 aromatic rings. The van der Waals surface area contributed by atoms with Gasteiger partial charge in [-0.25, -0.2) is 0 Å². The number of hydrogen-bond donors (Lipinski definition) is 0. The molecule has 0 N–H and O–H groups in total. The van der Waals surface area contributed by atoms with Crippen LogP contribution in [0.15, 0.2) is 147 Å². The van der Waals surface area contributed by atoms with E-state index in [0.717, 1.165) is 12.8 Å². The summed E-state index contributed by atoms with van der Waals surface area (Å²) in [5.41, 5.74) is 18.7. The van der Waals surface area contributed by atoms with Crippen molar-refractivity contribution in [2.75, 3.05) is 0 Å². The lowest BCUT2D eigenvalue weighted by molar-refractivity contribution is 0.402. The molecule has 0 heterocycles. The monoisotopic (exact) mass is 572 g/mol. The Balaban J connectivity index is 1.35. The molecule has 4 aliphatic rings. The molecule has 0 bridgehead atoms. The van der Waals surface area contributed by atoms with E-state index in [1.165, 1.54) is 77.9 Å². The lowest BCUT2D eigenvalue weighted by Crippen LogP contribution is -2.32. The van der Waals surface area contributed by atoms with E-state index in [9.17, 15) is 0 Å². The quantitative estimate of drug-likeness (QED) is 0.194. The molecule has 0 atom stereocenters. The Morgan fingerprint density at radius 2 is 0.711 bits per heavy atom. The standard InChI is InChI=1S/C45H32/c1-3-29-21-23-39-41(25-29)43(27-44(39)35-17-9-5-13-31(35)32-14-6-10-18-36(32)44)28-45(40-24-22-30(4-2)26-42(40)43)37-19-11-7-15-33(37)34-16-8-12-20-38(34)45/h3-26H,1-2,27-28H2. The van der Waals surface area contributed by atoms with Crippen molar-refractivity contribution < 1.29 is 0 Å². The average Bonchev–Trinajstić information content (AvgIpc) is 3.77. The van der Waals surface area contributed by atoms with Crippen molar-refractivity contribution in [1.82, 2.24) is 0 Å². The average molecular weight is 573 g/mol. The van der Waals surface area contributed by atoms with Crippen LogP contribution in [0.4, 0.5) is 0 Å². The Labute approximate surface area is 265 Å². The predicted molar refractivity (Wildman–Crippen MR) is 187 cm³/mol. The smallest absolute Gasteiger partial charge is 0.0478 e. The minimum atomic E-state index is -0.243. The van der Waals surface area contributed by atoms with Crippen molar-refractivity contribution >= 4 is 12.2 Å². The van der Waals surface area contributed by atoms with Gasteiger partial charge in [-0.05, 0) is 90.7 Å². The van der Waals surface area contributed by atoms with Gasteiger partial charge < -0.3 is 0 Å². The first-order chi connectivity index (χ1) is 22.2. The van der Waals surface area contributed by atoms with E-state index in [4.69, 9.17) is 0 Å². The van der Waals surface area contributed by atoms with E-state index < -0.39 is 0 Å². The Morgan fingerprint density at radius 3 is 1.04 bits per heavy atom. The second-order valence-electron chi connectivity index (χ2n) is 13.4. The number of rotatable bonds is 2. The molecule has 0 fully saturated rings. The predicted octanol–water partition coefficient (Wildman–Crippen LogP) is 10.7. The first kappa shape index (κ1) is 25.2. The van der Waals surface area contributed by atoms with Crippen LogP contribution in [0, 0.1) is 0 Å². The zero-order valence-corrected chi connectivity index (χ0v) is 25.2. The van der Waals surface area contributed by atoms with Crippen LogP contribution < -0.4 is 0 Å². The van der Waals surface area contributed by atoms with Gasteiger partial charge >= 0.3 is 0 Å². The van der Waals surface area contributed by atoms with Crippen LogP contribution in [-0.2, 0) is 16.2 Å². The summed E-state index contributed by atoms with van der Waals surface area (Å²) in [6, 6.07) is 51.0. The van der Waals surface area contributed by atoms with Crippen LogP contribution in [0.1, 0.15) is 68.5 Å². The van der Waals surface area contributed by atoms with Gasteiger partial charge in [0.25, 0.3) is 0 Å². The van der Waals surface area contributed by atoms with E-state index in [-0.39, 0.29) is 16.2 Å². The van der Waals surface area contributed by atoms with Crippen LogP contribution in [0.3, 0.4) is 0 Å². The lowest BCUT2D eigenvalue weighted by atomic mass is 9.66. The van der Waals surface area contributed by atoms with Gasteiger partial charge in [0.2, 0.25) is 0 Å². The van der Waals surface area contributed by atoms with Gasteiger partial charge in [0.05, 0.1) is 0 Å². The van der Waals surface area contributed by atoms with Gasteiger partial charge in [-0.15, -0.1) is 0 Å². The molecule has 0 amide bonds. The molecule has 0 saturated heterocycles. The molecule has 0 heteroatoms. The summed E-state index contributed by atoms with van der Waals surface area (Å²) in [4.78, 5) is 0. The maximum absolute atomic E-state index is 4.22. The minimum absolute atomic E-state index is 0.224. The molecule has 212 valence electrons. The summed E-state index contributed by atoms with van der Waals surface area (Å²) in [6.45, 7) is 8.44. The van der Waals surface area contributed by atoms with E-state index in [1.807, 2.05) is 12.2 Å². The third kappa shape index (κ3) is 2.81. The molecule has 4 aliphatic carbocycles. The molecule has 10 rings (SSSR count). The van der Waals surface area contributed by atoms with Gasteiger partial charge in [-0.2, -0.15) is 0 Å². The maximum Gasteiger partial charge on any atom is 0.0478 e. The van der Waals surface area contributed by atoms with Crippen LogP contribution in [0.2, 0.25) is 0 Å². The first-order valence-electron chi connectivity index (χ1n) is 16.1. The highest BCUT2D eigenvalue weighted by atomic mass is 14.7. The van der Waals surface area contributed by atoms with E-state index >= 15 is 0 Å². The van der Waals surface area contributed by atoms with Crippen molar-refractivity contribution in [3.8, 4) is 22.3 Å². The molecule has 45 heavy (non-hydrogen) atoms. The zero-order chi connectivity index (χ0) is 30.0. The molecular formula is C45H32. The van der Waals surface area contributed by atoms with Crippen molar-refractivity contribution in [3.63, 3.8) is 0 Å². The van der Waals surface area contributed by atoms with Gasteiger partial charge in [0, 0.05) is 16.2 Å². The second kappa shape index (κ2) is 8.49. The Bertz CT molecular complexity index is 2020. The molecule has 0 aromatic heterocycles. The lowest BCUT2D eigenvalue weighted by Gasteiger charge is -2.35. The Morgan fingerprint density at radius 1 is 0.378 bits per heavy atom. The third-order valence-corrected chi connectivity index (χ3v) is 11.8. The topological polar surface area (TPSA) is 0 Å². The minimum Gasteiger partial charge on any atom is -0.0985 e. The fraction of sp³-hybridized carbons (Fsp3) is 0.111. The third-order valence-electron chi connectivity index (χ3n) is 11.8. The molecular weight excluding hydrogens is 540 g/mol. The highest BCUT2D eigenvalue weighted by Gasteiger charge is 2.65. The van der Waals surface area contributed by atoms with E-state index in [2.05, 4.69) is 147 Å². The van der Waals surface area contributed by atoms with Gasteiger partial charge in [-0.1, -0.05) is 159 Å². The van der Waals surface area contributed by atoms with Gasteiger partial charge in [0.15, 0.2) is 0 Å². The maximum atomic E-state index is 4.22. The summed E-state index contributed by atoms with van der Waals surface area (Å²) >= 11 is 0. The molecule has 0 unspecified atom stereocenters. The SMILES string of the molecule is C=Cc1ccc2c(c1)C1(CC23c2ccccc2-c2ccccc23)CC2(c3ccccc3-c3ccccc32)c2ccc(C=C)cc21. The highest BCUT2D eigenvalue weighted by molar-refractivity contribution is 5.89. The molecule has 0 aliphatic heterocycles. The summed E-state index contributed by atoms with van der Waals surface area (Å²) in [5.74, 6) is 0. The summed E-state index contributed by atoms with van der Waals surface area (Å²) < 4.78 is 0. The van der Waals surface area contributed by atoms with Crippen LogP contribution in [0.5, 0.6) is 0 Å². The van der Waals surface area contributed by atoms with Crippen molar-refractivity contribution in [3.05, 3.63) is 202 Å². The molecule has 0 saturated carbocycles. The van der Waals surface area contributed by atoms with Crippen LogP contribution in [-0.4, -0.2) is 0 Å². The normalized spacial score (nSPS) is 17.4. The highest BCUT2D eigenvalue weighted by Crippen LogP contribution is 2.72. The largest absolute Gasteiger partial charge is 0.0985 e. The van der Waals surface area contributed by atoms with E-state index in [0.29, 0.717) is 0 Å². The Hall–Kier alpha value is -5.20. The zero-order valence-electron chi connectivity index (χ0n) is 25.2. The fourth-order valence-corrected chi connectivity index (χ4v) is 10.2. The fourth-order valence-electron chi connectivity index (χ4n) is 10.2. The first-order valence-corrected chi connectivity index (χ1v) is 16.1. The van der Waals surface area contributed by atoms with Crippen molar-refractivity contribution in [2.24, 2.45) is 0 Å². The van der Waals surface area contributed by atoms with E-state index in [1.54, 1.807) is 0 Å². The summed E-state index contributed by atoms with van der Waals surface area (Å²) in [7, 11) is 0. The van der Waals surface area contributed by atoms with Crippen LogP contribution in [0.25, 0.3) is 34.4 Å². The number of benzene rings is 6. The second-order valence-corrected chi connectivity index (χ2v) is 13.4. The van der Waals surface area contributed by atoms with Gasteiger partial charge in [-0.3, -0.25) is 0 Å². The Kier molecular flexibility index (Phi) is 4.75. The number of hydrogen-bond acceptors (Lipinski definition) is 0. The van der Waals surface area contributed by atoms with Crippen molar-refractivity contribution in [2.45, 2.75) is 29.1 Å². The molecule has 0 nitrogen and oxygen atoms in total. The molecule has 3 spiro atoms. The molecule has 6 aromatic carbocycles. The summed E-state index contributed by atoms with van der Waals surface area (Å²) in [6.07, 6.45) is 6.01. The number of fused-ring (bicyclic) bond motifs is 16. The van der Waals surface area contributed by atoms with Crippen LogP contribution >= 0.6 is 0 Å².